The molecule has 0 aromatic rings. The maximum Gasteiger partial charge on any atom is 0.394 e. The van der Waals surface area contributed by atoms with E-state index in [0.29, 0.717) is 6.42 Å². The fourth-order valence-electron chi connectivity index (χ4n) is 5.05. The highest BCUT2D eigenvalue weighted by Gasteiger charge is 2.62. The summed E-state index contributed by atoms with van der Waals surface area (Å²) < 4.78 is 62.2. The Morgan fingerprint density at radius 3 is 2.10 bits per heavy atom. The van der Waals surface area contributed by atoms with E-state index in [4.69, 9.17) is 4.74 Å². The van der Waals surface area contributed by atoms with Gasteiger partial charge in [-0.2, -0.15) is 17.2 Å². The summed E-state index contributed by atoms with van der Waals surface area (Å²) >= 11 is 0. The Bertz CT molecular complexity index is 776. The first-order chi connectivity index (χ1) is 13.7. The molecule has 2 amide bonds. The Labute approximate surface area is 168 Å². The summed E-state index contributed by atoms with van der Waals surface area (Å²) in [6.45, 7) is -1.33. The van der Waals surface area contributed by atoms with Gasteiger partial charge in [-0.05, 0) is 37.0 Å². The highest BCUT2D eigenvalue weighted by Crippen LogP contribution is 2.52. The smallest absolute Gasteiger partial charge is 0.374 e. The molecule has 0 spiro atoms. The van der Waals surface area contributed by atoms with Crippen LogP contribution in [0, 0.1) is 29.6 Å². The topological polar surface area (TPSA) is 90.0 Å². The van der Waals surface area contributed by atoms with Crippen LogP contribution in [-0.4, -0.2) is 43.8 Å². The van der Waals surface area contributed by atoms with E-state index in [1.807, 2.05) is 12.2 Å². The second-order valence-electron chi connectivity index (χ2n) is 8.51. The second kappa shape index (κ2) is 7.70. The molecule has 0 N–H and O–H groups in total. The number of carbonyl (C=O) groups is 2. The number of hydroxylamine groups is 2. The predicted octanol–water partition coefficient (Wildman–Crippen LogP) is 2.63. The number of allylic oxidation sites excluding steroid dienone is 2. The highest BCUT2D eigenvalue weighted by molar-refractivity contribution is 7.87. The molecule has 0 aromatic heterocycles. The molecule has 1 saturated heterocycles. The van der Waals surface area contributed by atoms with Crippen LogP contribution in [0.25, 0.3) is 0 Å². The second-order valence-corrected chi connectivity index (χ2v) is 10.2. The SMILES string of the molecule is O=C1C2C3C=CC(C3)C2C(=O)N1OS(=O)(=O)C(F)(F)COCC1CCCCCC1. The van der Waals surface area contributed by atoms with Gasteiger partial charge in [0.15, 0.2) is 0 Å². The van der Waals surface area contributed by atoms with Crippen molar-refractivity contribution in [3.63, 3.8) is 0 Å². The third-order valence-electron chi connectivity index (χ3n) is 6.57. The first-order valence-corrected chi connectivity index (χ1v) is 11.6. The van der Waals surface area contributed by atoms with Gasteiger partial charge in [0.2, 0.25) is 0 Å². The summed E-state index contributed by atoms with van der Waals surface area (Å²) in [6, 6.07) is 0. The molecule has 162 valence electrons. The molecule has 4 aliphatic rings. The van der Waals surface area contributed by atoms with Crippen molar-refractivity contribution in [2.75, 3.05) is 13.2 Å². The monoisotopic (exact) mass is 433 g/mol. The van der Waals surface area contributed by atoms with Crippen LogP contribution in [0.2, 0.25) is 0 Å². The number of hydrogen-bond donors (Lipinski definition) is 0. The fourth-order valence-corrected chi connectivity index (χ4v) is 5.73. The number of imide groups is 1. The highest BCUT2D eigenvalue weighted by atomic mass is 32.2. The van der Waals surface area contributed by atoms with E-state index in [2.05, 4.69) is 4.28 Å². The molecule has 0 aromatic carbocycles. The van der Waals surface area contributed by atoms with Gasteiger partial charge in [-0.1, -0.05) is 37.8 Å². The first-order valence-electron chi connectivity index (χ1n) is 10.2. The number of ether oxygens (including phenoxy) is 1. The number of fused-ring (bicyclic) bond motifs is 5. The third-order valence-corrected chi connectivity index (χ3v) is 7.76. The quantitative estimate of drug-likeness (QED) is 0.348. The summed E-state index contributed by atoms with van der Waals surface area (Å²) in [4.78, 5) is 24.9. The Morgan fingerprint density at radius 2 is 1.55 bits per heavy atom. The number of nitrogens with zero attached hydrogens (tertiary/aromatic N) is 1. The molecule has 3 aliphatic carbocycles. The molecular formula is C19H25F2NO6S. The van der Waals surface area contributed by atoms with E-state index in [-0.39, 0.29) is 29.4 Å². The van der Waals surface area contributed by atoms with E-state index < -0.39 is 45.6 Å². The van der Waals surface area contributed by atoms with E-state index in [0.717, 1.165) is 38.5 Å². The van der Waals surface area contributed by atoms with Gasteiger partial charge in [-0.15, -0.1) is 9.35 Å². The Morgan fingerprint density at radius 1 is 1.00 bits per heavy atom. The molecule has 4 atom stereocenters. The normalized spacial score (nSPS) is 32.8. The zero-order valence-electron chi connectivity index (χ0n) is 16.0. The lowest BCUT2D eigenvalue weighted by Gasteiger charge is -2.22. The van der Waals surface area contributed by atoms with E-state index in [1.165, 1.54) is 0 Å². The molecule has 1 heterocycles. The van der Waals surface area contributed by atoms with Gasteiger partial charge in [0.25, 0.3) is 11.8 Å². The zero-order chi connectivity index (χ0) is 20.8. The number of hydrogen-bond acceptors (Lipinski definition) is 6. The van der Waals surface area contributed by atoms with Gasteiger partial charge in [0.1, 0.15) is 6.61 Å². The Balaban J connectivity index is 1.36. The van der Waals surface area contributed by atoms with Crippen LogP contribution in [-0.2, 0) is 28.7 Å². The van der Waals surface area contributed by atoms with E-state index >= 15 is 0 Å². The average Bonchev–Trinajstić information content (AvgIpc) is 3.26. The van der Waals surface area contributed by atoms with Gasteiger partial charge in [-0.3, -0.25) is 9.59 Å². The average molecular weight is 433 g/mol. The minimum absolute atomic E-state index is 0.0238. The molecule has 4 rings (SSSR count). The molecular weight excluding hydrogens is 408 g/mol. The van der Waals surface area contributed by atoms with Gasteiger partial charge in [0, 0.05) is 6.61 Å². The molecule has 29 heavy (non-hydrogen) atoms. The molecule has 3 fully saturated rings. The number of alkyl halides is 2. The van der Waals surface area contributed by atoms with Crippen molar-refractivity contribution in [1.82, 2.24) is 5.06 Å². The van der Waals surface area contributed by atoms with Crippen LogP contribution in [0.5, 0.6) is 0 Å². The lowest BCUT2D eigenvalue weighted by Crippen LogP contribution is -2.43. The summed E-state index contributed by atoms with van der Waals surface area (Å²) in [7, 11) is -5.56. The largest absolute Gasteiger partial charge is 0.394 e. The zero-order valence-corrected chi connectivity index (χ0v) is 16.8. The molecule has 7 nitrogen and oxygen atoms in total. The van der Waals surface area contributed by atoms with Crippen LogP contribution >= 0.6 is 0 Å². The number of amides is 2. The van der Waals surface area contributed by atoms with Gasteiger partial charge in [0.05, 0.1) is 11.8 Å². The molecule has 2 bridgehead atoms. The summed E-state index contributed by atoms with van der Waals surface area (Å²) in [5, 5.41) is -4.34. The summed E-state index contributed by atoms with van der Waals surface area (Å²) in [5.74, 6) is -3.42. The standard InChI is InChI=1S/C19H25F2NO6S/c20-19(21,11-27-10-12-5-3-1-2-4-6-12)29(25,26)28-22-17(23)15-13-7-8-14(9-13)16(15)18(22)24/h7-8,12-16H,1-6,9-11H2. The number of carbonyl (C=O) groups excluding carboxylic acids is 2. The van der Waals surface area contributed by atoms with Crippen molar-refractivity contribution in [2.45, 2.75) is 50.2 Å². The van der Waals surface area contributed by atoms with Gasteiger partial charge >= 0.3 is 15.4 Å². The number of rotatable bonds is 7. The van der Waals surface area contributed by atoms with Crippen molar-refractivity contribution >= 4 is 21.9 Å². The first kappa shape index (κ1) is 20.9. The van der Waals surface area contributed by atoms with Gasteiger partial charge in [-0.25, -0.2) is 0 Å². The third kappa shape index (κ3) is 3.74. The Kier molecular flexibility index (Phi) is 5.54. The number of halogens is 2. The lowest BCUT2D eigenvalue weighted by molar-refractivity contribution is -0.168. The van der Waals surface area contributed by atoms with Crippen LogP contribution in [0.15, 0.2) is 12.2 Å². The van der Waals surface area contributed by atoms with Crippen LogP contribution in [0.4, 0.5) is 8.78 Å². The minimum atomic E-state index is -5.56. The summed E-state index contributed by atoms with van der Waals surface area (Å²) in [6.07, 6.45) is 10.2. The van der Waals surface area contributed by atoms with Crippen LogP contribution in [0.1, 0.15) is 44.9 Å². The fraction of sp³-hybridized carbons (Fsp3) is 0.789. The van der Waals surface area contributed by atoms with Crippen molar-refractivity contribution in [2.24, 2.45) is 29.6 Å². The molecule has 2 saturated carbocycles. The Hall–Kier alpha value is -1.39. The minimum Gasteiger partial charge on any atom is -0.374 e. The van der Waals surface area contributed by atoms with Crippen molar-refractivity contribution in [1.29, 1.82) is 0 Å². The molecule has 10 heteroatoms. The summed E-state index contributed by atoms with van der Waals surface area (Å²) in [5.41, 5.74) is 0. The van der Waals surface area contributed by atoms with Crippen molar-refractivity contribution < 1.29 is 35.8 Å². The van der Waals surface area contributed by atoms with Crippen molar-refractivity contribution in [3.05, 3.63) is 12.2 Å². The maximum atomic E-state index is 14.3. The van der Waals surface area contributed by atoms with Crippen LogP contribution < -0.4 is 0 Å². The van der Waals surface area contributed by atoms with E-state index in [9.17, 15) is 26.8 Å². The van der Waals surface area contributed by atoms with E-state index in [1.54, 1.807) is 0 Å². The lowest BCUT2D eigenvalue weighted by atomic mass is 9.85. The van der Waals surface area contributed by atoms with Crippen LogP contribution in [0.3, 0.4) is 0 Å². The van der Waals surface area contributed by atoms with Crippen molar-refractivity contribution in [3.8, 4) is 0 Å². The molecule has 0 radical (unpaired) electrons. The molecule has 1 aliphatic heterocycles. The van der Waals surface area contributed by atoms with Gasteiger partial charge < -0.3 is 4.74 Å². The predicted molar refractivity (Wildman–Crippen MR) is 96.5 cm³/mol. The maximum absolute atomic E-state index is 14.3. The molecule has 4 unspecified atom stereocenters.